The number of ether oxygens (including phenoxy) is 3. The number of rotatable bonds is 11. The monoisotopic (exact) mass is 458 g/mol. The average molecular weight is 460 g/mol. The van der Waals surface area contributed by atoms with Gasteiger partial charge >= 0.3 is 0 Å². The van der Waals surface area contributed by atoms with Gasteiger partial charge in [0, 0.05) is 18.4 Å². The van der Waals surface area contributed by atoms with Gasteiger partial charge in [0.1, 0.15) is 19.0 Å². The second-order valence-electron chi connectivity index (χ2n) is 7.07. The summed E-state index contributed by atoms with van der Waals surface area (Å²) in [5, 5.41) is 0.929. The van der Waals surface area contributed by atoms with Crippen molar-refractivity contribution in [2.45, 2.75) is 25.7 Å². The van der Waals surface area contributed by atoms with Crippen molar-refractivity contribution in [2.24, 2.45) is 0 Å². The molecule has 158 valence electrons. The molecule has 0 amide bonds. The third kappa shape index (κ3) is 6.51. The first-order chi connectivity index (χ1) is 13.8. The summed E-state index contributed by atoms with van der Waals surface area (Å²) in [6.45, 7) is 4.65. The Kier molecular flexibility index (Phi) is 9.09. The SMILES string of the molecule is COCC(=O)COc1ccc(C(C)(C)c2cc(Cl)c(OCCCCl)c(Cl)c2)cc1. The van der Waals surface area contributed by atoms with Crippen LogP contribution in [0.1, 0.15) is 31.4 Å². The fourth-order valence-electron chi connectivity index (χ4n) is 2.79. The highest BCUT2D eigenvalue weighted by atomic mass is 35.5. The number of Topliss-reactive ketones (excluding diaryl/α,β-unsaturated/α-hetero) is 1. The molecule has 0 saturated heterocycles. The van der Waals surface area contributed by atoms with Crippen LogP contribution in [0.3, 0.4) is 0 Å². The summed E-state index contributed by atoms with van der Waals surface area (Å²) in [5.74, 6) is 1.49. The minimum atomic E-state index is -0.355. The molecule has 0 radical (unpaired) electrons. The van der Waals surface area contributed by atoms with Crippen LogP contribution in [0.15, 0.2) is 36.4 Å². The molecule has 0 aliphatic heterocycles. The molecular formula is C22H25Cl3O4. The Labute approximate surface area is 187 Å². The van der Waals surface area contributed by atoms with Crippen molar-refractivity contribution in [2.75, 3.05) is 32.8 Å². The van der Waals surface area contributed by atoms with Crippen molar-refractivity contribution in [3.63, 3.8) is 0 Å². The zero-order chi connectivity index (χ0) is 21.4. The highest BCUT2D eigenvalue weighted by Gasteiger charge is 2.25. The van der Waals surface area contributed by atoms with E-state index in [0.29, 0.717) is 40.5 Å². The van der Waals surface area contributed by atoms with Crippen LogP contribution < -0.4 is 9.47 Å². The summed E-state index contributed by atoms with van der Waals surface area (Å²) >= 11 is 18.5. The van der Waals surface area contributed by atoms with Crippen molar-refractivity contribution in [1.82, 2.24) is 0 Å². The number of halogens is 3. The van der Waals surface area contributed by atoms with Crippen LogP contribution in [0.5, 0.6) is 11.5 Å². The molecule has 0 bridgehead atoms. The minimum absolute atomic E-state index is 0.0209. The van der Waals surface area contributed by atoms with E-state index in [1.54, 1.807) is 0 Å². The standard InChI is InChI=1S/C22H25Cl3O4/c1-22(2,15-5-7-18(8-6-15)29-14-17(26)13-27-3)16-11-19(24)21(20(25)12-16)28-10-4-9-23/h5-8,11-12H,4,9-10,13-14H2,1-3H3. The summed E-state index contributed by atoms with van der Waals surface area (Å²) in [7, 11) is 1.48. The lowest BCUT2D eigenvalue weighted by molar-refractivity contribution is -0.124. The average Bonchev–Trinajstić information content (AvgIpc) is 2.69. The number of carbonyl (C=O) groups excluding carboxylic acids is 1. The van der Waals surface area contributed by atoms with Crippen LogP contribution in [0.2, 0.25) is 10.0 Å². The Balaban J connectivity index is 2.16. The molecule has 0 N–H and O–H groups in total. The Morgan fingerprint density at radius 2 is 1.59 bits per heavy atom. The number of carbonyl (C=O) groups is 1. The quantitative estimate of drug-likeness (QED) is 0.309. The Morgan fingerprint density at radius 3 is 2.14 bits per heavy atom. The summed E-state index contributed by atoms with van der Waals surface area (Å²) in [5.41, 5.74) is 1.66. The molecule has 0 aliphatic carbocycles. The lowest BCUT2D eigenvalue weighted by atomic mass is 9.78. The molecule has 4 nitrogen and oxygen atoms in total. The Morgan fingerprint density at radius 1 is 0.966 bits per heavy atom. The molecule has 0 aromatic heterocycles. The number of methoxy groups -OCH3 is 1. The smallest absolute Gasteiger partial charge is 0.195 e. The maximum Gasteiger partial charge on any atom is 0.195 e. The van der Waals surface area contributed by atoms with E-state index in [9.17, 15) is 4.79 Å². The third-order valence-corrected chi connectivity index (χ3v) is 5.35. The summed E-state index contributed by atoms with van der Waals surface area (Å²) in [6.07, 6.45) is 0.715. The van der Waals surface area contributed by atoms with Gasteiger partial charge in [-0.1, -0.05) is 49.2 Å². The van der Waals surface area contributed by atoms with Crippen LogP contribution >= 0.6 is 34.8 Å². The van der Waals surface area contributed by atoms with Gasteiger partial charge in [-0.05, 0) is 41.8 Å². The van der Waals surface area contributed by atoms with Crippen molar-refractivity contribution >= 4 is 40.6 Å². The van der Waals surface area contributed by atoms with E-state index in [-0.39, 0.29) is 24.4 Å². The molecule has 0 atom stereocenters. The number of benzene rings is 2. The fraction of sp³-hybridized carbons (Fsp3) is 0.409. The van der Waals surface area contributed by atoms with E-state index in [1.807, 2.05) is 36.4 Å². The summed E-state index contributed by atoms with van der Waals surface area (Å²) < 4.78 is 15.9. The number of hydrogen-bond acceptors (Lipinski definition) is 4. The zero-order valence-electron chi connectivity index (χ0n) is 16.8. The first-order valence-electron chi connectivity index (χ1n) is 9.22. The maximum atomic E-state index is 11.5. The van der Waals surface area contributed by atoms with E-state index in [4.69, 9.17) is 49.0 Å². The summed E-state index contributed by atoms with van der Waals surface area (Å²) in [6, 6.07) is 11.3. The summed E-state index contributed by atoms with van der Waals surface area (Å²) in [4.78, 5) is 11.5. The van der Waals surface area contributed by atoms with E-state index >= 15 is 0 Å². The van der Waals surface area contributed by atoms with Crippen LogP contribution in [-0.4, -0.2) is 38.6 Å². The second-order valence-corrected chi connectivity index (χ2v) is 8.26. The molecule has 29 heavy (non-hydrogen) atoms. The van der Waals surface area contributed by atoms with E-state index in [0.717, 1.165) is 11.1 Å². The van der Waals surface area contributed by atoms with Gasteiger partial charge in [0.25, 0.3) is 0 Å². The highest BCUT2D eigenvalue weighted by Crippen LogP contribution is 2.40. The van der Waals surface area contributed by atoms with E-state index < -0.39 is 0 Å². The minimum Gasteiger partial charge on any atom is -0.490 e. The molecule has 0 aliphatic rings. The topological polar surface area (TPSA) is 44.8 Å². The van der Waals surface area contributed by atoms with Crippen molar-refractivity contribution in [1.29, 1.82) is 0 Å². The normalized spacial score (nSPS) is 11.4. The van der Waals surface area contributed by atoms with Crippen LogP contribution in [0.4, 0.5) is 0 Å². The first-order valence-corrected chi connectivity index (χ1v) is 10.5. The number of alkyl halides is 1. The fourth-order valence-corrected chi connectivity index (χ4v) is 3.49. The molecular weight excluding hydrogens is 435 g/mol. The Bertz CT molecular complexity index is 796. The van der Waals surface area contributed by atoms with Crippen LogP contribution in [-0.2, 0) is 14.9 Å². The molecule has 2 aromatic carbocycles. The predicted molar refractivity (Wildman–Crippen MR) is 118 cm³/mol. The van der Waals surface area contributed by atoms with Gasteiger partial charge in [-0.15, -0.1) is 11.6 Å². The lowest BCUT2D eigenvalue weighted by Gasteiger charge is -2.27. The zero-order valence-corrected chi connectivity index (χ0v) is 19.0. The molecule has 0 unspecified atom stereocenters. The van der Waals surface area contributed by atoms with Crippen LogP contribution in [0, 0.1) is 0 Å². The predicted octanol–water partition coefficient (Wildman–Crippen LogP) is 5.92. The van der Waals surface area contributed by atoms with Gasteiger partial charge in [0.2, 0.25) is 0 Å². The van der Waals surface area contributed by atoms with Gasteiger partial charge in [0.15, 0.2) is 11.5 Å². The molecule has 0 heterocycles. The molecule has 0 fully saturated rings. The molecule has 2 rings (SSSR count). The maximum absolute atomic E-state index is 11.5. The molecule has 2 aromatic rings. The molecule has 7 heteroatoms. The van der Waals surface area contributed by atoms with Crippen molar-refractivity contribution < 1.29 is 19.0 Å². The molecule has 0 spiro atoms. The Hall–Kier alpha value is -1.46. The highest BCUT2D eigenvalue weighted by molar-refractivity contribution is 6.37. The molecule has 0 saturated carbocycles. The van der Waals surface area contributed by atoms with Gasteiger partial charge in [-0.25, -0.2) is 0 Å². The van der Waals surface area contributed by atoms with Crippen molar-refractivity contribution in [3.05, 3.63) is 57.6 Å². The van der Waals surface area contributed by atoms with Gasteiger partial charge in [-0.3, -0.25) is 4.79 Å². The van der Waals surface area contributed by atoms with E-state index in [2.05, 4.69) is 13.8 Å². The number of ketones is 1. The van der Waals surface area contributed by atoms with Crippen molar-refractivity contribution in [3.8, 4) is 11.5 Å². The second kappa shape index (κ2) is 11.1. The lowest BCUT2D eigenvalue weighted by Crippen LogP contribution is -2.19. The van der Waals surface area contributed by atoms with Gasteiger partial charge in [-0.2, -0.15) is 0 Å². The van der Waals surface area contributed by atoms with E-state index in [1.165, 1.54) is 7.11 Å². The largest absolute Gasteiger partial charge is 0.490 e. The van der Waals surface area contributed by atoms with Gasteiger partial charge in [0.05, 0.1) is 16.7 Å². The number of hydrogen-bond donors (Lipinski definition) is 0. The van der Waals surface area contributed by atoms with Gasteiger partial charge < -0.3 is 14.2 Å². The van der Waals surface area contributed by atoms with Crippen LogP contribution in [0.25, 0.3) is 0 Å². The first kappa shape index (κ1) is 23.8. The third-order valence-electron chi connectivity index (χ3n) is 4.53.